The zero-order valence-corrected chi connectivity index (χ0v) is 8.80. The standard InChI is InChI=1S/C9H18O6/c1-7-6-13-15-14-12-3-2-8(7)4-9(11)5-10/h7-11H,2-6H2,1H3. The number of hydrogen-bond acceptors (Lipinski definition) is 6. The Morgan fingerprint density at radius 3 is 2.80 bits per heavy atom. The minimum absolute atomic E-state index is 0.205. The summed E-state index contributed by atoms with van der Waals surface area (Å²) in [5.74, 6) is 0.411. The molecule has 0 amide bonds. The summed E-state index contributed by atoms with van der Waals surface area (Å²) in [6.45, 7) is 2.50. The lowest BCUT2D eigenvalue weighted by atomic mass is 9.87. The molecule has 0 aromatic rings. The highest BCUT2D eigenvalue weighted by atomic mass is 17.7. The molecule has 3 unspecified atom stereocenters. The van der Waals surface area contributed by atoms with Crippen molar-refractivity contribution in [2.24, 2.45) is 11.8 Å². The van der Waals surface area contributed by atoms with Gasteiger partial charge in [-0.3, -0.25) is 0 Å². The summed E-state index contributed by atoms with van der Waals surface area (Å²) in [6.07, 6.45) is 0.551. The fraction of sp³-hybridized carbons (Fsp3) is 1.00. The zero-order valence-electron chi connectivity index (χ0n) is 8.80. The lowest BCUT2D eigenvalue weighted by Crippen LogP contribution is -2.24. The monoisotopic (exact) mass is 222 g/mol. The van der Waals surface area contributed by atoms with Gasteiger partial charge in [-0.15, -0.1) is 0 Å². The van der Waals surface area contributed by atoms with Gasteiger partial charge in [0.1, 0.15) is 0 Å². The van der Waals surface area contributed by atoms with E-state index in [0.717, 1.165) is 6.42 Å². The van der Waals surface area contributed by atoms with E-state index in [4.69, 9.17) is 9.99 Å². The fourth-order valence-electron chi connectivity index (χ4n) is 1.60. The molecule has 90 valence electrons. The first kappa shape index (κ1) is 12.8. The summed E-state index contributed by atoms with van der Waals surface area (Å²) >= 11 is 0. The Morgan fingerprint density at radius 1 is 1.33 bits per heavy atom. The van der Waals surface area contributed by atoms with E-state index in [9.17, 15) is 5.11 Å². The highest BCUT2D eigenvalue weighted by Gasteiger charge is 2.22. The van der Waals surface area contributed by atoms with Crippen molar-refractivity contribution in [3.63, 3.8) is 0 Å². The second-order valence-electron chi connectivity index (χ2n) is 3.84. The highest BCUT2D eigenvalue weighted by Crippen LogP contribution is 2.23. The van der Waals surface area contributed by atoms with Gasteiger partial charge in [0.25, 0.3) is 0 Å². The van der Waals surface area contributed by atoms with Crippen molar-refractivity contribution in [3.05, 3.63) is 0 Å². The normalized spacial score (nSPS) is 31.4. The van der Waals surface area contributed by atoms with Crippen LogP contribution in [0.15, 0.2) is 0 Å². The Bertz CT molecular complexity index is 165. The number of aliphatic hydroxyl groups is 2. The molecule has 1 aliphatic heterocycles. The minimum atomic E-state index is -0.694. The molecule has 1 fully saturated rings. The van der Waals surface area contributed by atoms with Gasteiger partial charge in [-0.25, -0.2) is 9.78 Å². The van der Waals surface area contributed by atoms with E-state index in [-0.39, 0.29) is 18.4 Å². The second-order valence-corrected chi connectivity index (χ2v) is 3.84. The molecule has 0 spiro atoms. The summed E-state index contributed by atoms with van der Waals surface area (Å²) < 4.78 is 0. The van der Waals surface area contributed by atoms with Gasteiger partial charge in [-0.1, -0.05) is 6.92 Å². The quantitative estimate of drug-likeness (QED) is 0.664. The lowest BCUT2D eigenvalue weighted by Gasteiger charge is -2.23. The molecule has 0 saturated carbocycles. The van der Waals surface area contributed by atoms with Crippen LogP contribution < -0.4 is 0 Å². The summed E-state index contributed by atoms with van der Waals surface area (Å²) in [7, 11) is 0. The lowest BCUT2D eigenvalue weighted by molar-refractivity contribution is -0.633. The van der Waals surface area contributed by atoms with E-state index < -0.39 is 6.10 Å². The molecule has 6 nitrogen and oxygen atoms in total. The van der Waals surface area contributed by atoms with E-state index in [1.54, 1.807) is 0 Å². The van der Waals surface area contributed by atoms with Crippen LogP contribution in [-0.2, 0) is 19.9 Å². The van der Waals surface area contributed by atoms with Crippen molar-refractivity contribution in [1.29, 1.82) is 0 Å². The van der Waals surface area contributed by atoms with Crippen molar-refractivity contribution in [2.45, 2.75) is 25.9 Å². The third-order valence-electron chi connectivity index (χ3n) is 2.62. The fourth-order valence-corrected chi connectivity index (χ4v) is 1.60. The Hall–Kier alpha value is -0.240. The zero-order chi connectivity index (χ0) is 11.1. The van der Waals surface area contributed by atoms with Gasteiger partial charge in [-0.05, 0) is 34.8 Å². The van der Waals surface area contributed by atoms with Gasteiger partial charge in [0.05, 0.1) is 25.9 Å². The van der Waals surface area contributed by atoms with Crippen molar-refractivity contribution >= 4 is 0 Å². The van der Waals surface area contributed by atoms with E-state index in [2.05, 4.69) is 15.0 Å². The van der Waals surface area contributed by atoms with Crippen LogP contribution in [0.5, 0.6) is 0 Å². The molecule has 0 radical (unpaired) electrons. The Morgan fingerprint density at radius 2 is 2.07 bits per heavy atom. The average molecular weight is 222 g/mol. The van der Waals surface area contributed by atoms with Crippen molar-refractivity contribution in [3.8, 4) is 0 Å². The average Bonchev–Trinajstić information content (AvgIpc) is 2.33. The third kappa shape index (κ3) is 4.87. The molecule has 2 N–H and O–H groups in total. The molecule has 15 heavy (non-hydrogen) atoms. The van der Waals surface area contributed by atoms with Gasteiger partial charge in [-0.2, -0.15) is 0 Å². The minimum Gasteiger partial charge on any atom is -0.394 e. The van der Waals surface area contributed by atoms with Gasteiger partial charge in [0, 0.05) is 0 Å². The van der Waals surface area contributed by atoms with Crippen LogP contribution in [0.3, 0.4) is 0 Å². The van der Waals surface area contributed by atoms with Crippen molar-refractivity contribution in [1.82, 2.24) is 0 Å². The molecule has 1 aliphatic rings. The first-order valence-corrected chi connectivity index (χ1v) is 5.10. The number of hydrogen-bond donors (Lipinski definition) is 2. The molecule has 6 heteroatoms. The van der Waals surface area contributed by atoms with E-state index >= 15 is 0 Å². The third-order valence-corrected chi connectivity index (χ3v) is 2.62. The topological polar surface area (TPSA) is 77.4 Å². The molecule has 0 aromatic heterocycles. The molecular weight excluding hydrogens is 204 g/mol. The van der Waals surface area contributed by atoms with Crippen molar-refractivity contribution < 1.29 is 30.1 Å². The maximum atomic E-state index is 9.37. The van der Waals surface area contributed by atoms with Crippen LogP contribution in [0, 0.1) is 11.8 Å². The van der Waals surface area contributed by atoms with Gasteiger partial charge in [0.2, 0.25) is 0 Å². The van der Waals surface area contributed by atoms with Gasteiger partial charge < -0.3 is 10.2 Å². The molecule has 3 atom stereocenters. The van der Waals surface area contributed by atoms with Crippen LogP contribution in [0.1, 0.15) is 19.8 Å². The predicted octanol–water partition coefficient (Wildman–Crippen LogP) is 0.197. The summed E-state index contributed by atoms with van der Waals surface area (Å²) in [5.41, 5.74) is 0. The molecule has 1 heterocycles. The maximum absolute atomic E-state index is 9.37. The van der Waals surface area contributed by atoms with Crippen LogP contribution in [0.25, 0.3) is 0 Å². The van der Waals surface area contributed by atoms with Gasteiger partial charge in [0.15, 0.2) is 0 Å². The molecule has 1 rings (SSSR count). The molecule has 0 aliphatic carbocycles. The predicted molar refractivity (Wildman–Crippen MR) is 49.1 cm³/mol. The van der Waals surface area contributed by atoms with Crippen LogP contribution in [0.2, 0.25) is 0 Å². The molecular formula is C9H18O6. The first-order chi connectivity index (χ1) is 7.24. The highest BCUT2D eigenvalue weighted by molar-refractivity contribution is 4.70. The molecule has 1 saturated heterocycles. The smallest absolute Gasteiger partial charge is 0.0883 e. The van der Waals surface area contributed by atoms with Crippen LogP contribution in [0.4, 0.5) is 0 Å². The van der Waals surface area contributed by atoms with Gasteiger partial charge >= 0.3 is 0 Å². The van der Waals surface area contributed by atoms with Crippen LogP contribution in [-0.4, -0.2) is 36.1 Å². The molecule has 0 aromatic carbocycles. The number of rotatable bonds is 3. The Labute approximate surface area is 88.5 Å². The maximum Gasteiger partial charge on any atom is 0.0883 e. The summed E-state index contributed by atoms with van der Waals surface area (Å²) in [6, 6.07) is 0. The van der Waals surface area contributed by atoms with E-state index in [1.807, 2.05) is 6.92 Å². The summed E-state index contributed by atoms with van der Waals surface area (Å²) in [4.78, 5) is 9.38. The second kappa shape index (κ2) is 7.10. The van der Waals surface area contributed by atoms with E-state index in [1.165, 1.54) is 0 Å². The summed E-state index contributed by atoms with van der Waals surface area (Å²) in [5, 5.41) is 26.7. The van der Waals surface area contributed by atoms with Crippen molar-refractivity contribution in [2.75, 3.05) is 19.8 Å². The Kier molecular flexibility index (Phi) is 6.07. The first-order valence-electron chi connectivity index (χ1n) is 5.10. The number of aliphatic hydroxyl groups excluding tert-OH is 2. The Balaban J connectivity index is 2.40. The largest absolute Gasteiger partial charge is 0.394 e. The van der Waals surface area contributed by atoms with Crippen LogP contribution >= 0.6 is 0 Å². The SMILES string of the molecule is CC1COOOOCCC1CC(O)CO. The van der Waals surface area contributed by atoms with E-state index in [0.29, 0.717) is 19.6 Å². The molecule has 0 bridgehead atoms.